The Morgan fingerprint density at radius 2 is 2.00 bits per heavy atom. The van der Waals surface area contributed by atoms with Gasteiger partial charge < -0.3 is 10.0 Å². The lowest BCUT2D eigenvalue weighted by Gasteiger charge is -2.38. The van der Waals surface area contributed by atoms with Gasteiger partial charge in [0.2, 0.25) is 0 Å². The van der Waals surface area contributed by atoms with Crippen LogP contribution in [0.1, 0.15) is 50.5 Å². The van der Waals surface area contributed by atoms with Crippen molar-refractivity contribution in [2.75, 3.05) is 11.9 Å². The molecule has 1 aromatic carbocycles. The van der Waals surface area contributed by atoms with E-state index in [9.17, 15) is 9.50 Å². The molecule has 2 bridgehead atoms. The average Bonchev–Trinajstić information content (AvgIpc) is 3.41. The molecule has 152 valence electrons. The van der Waals surface area contributed by atoms with E-state index in [4.69, 9.17) is 0 Å². The second-order valence-corrected chi connectivity index (χ2v) is 8.93. The Morgan fingerprint density at radius 1 is 1.10 bits per heavy atom. The molecule has 4 atom stereocenters. The summed E-state index contributed by atoms with van der Waals surface area (Å²) in [5, 5.41) is 19.2. The molecule has 1 aromatic heterocycles. The molecule has 29 heavy (non-hydrogen) atoms. The predicted octanol–water partition coefficient (Wildman–Crippen LogP) is 5.38. The van der Waals surface area contributed by atoms with Crippen molar-refractivity contribution < 1.29 is 9.50 Å². The third-order valence-corrected chi connectivity index (χ3v) is 7.17. The molecule has 0 aliphatic heterocycles. The molecule has 0 spiro atoms. The Balaban J connectivity index is 1.35. The number of halogens is 1. The maximum atomic E-state index is 14.9. The van der Waals surface area contributed by atoms with Crippen LogP contribution in [-0.2, 0) is 0 Å². The number of fused-ring (bicyclic) bond motifs is 2. The predicted molar refractivity (Wildman–Crippen MR) is 113 cm³/mol. The van der Waals surface area contributed by atoms with Crippen molar-refractivity contribution in [2.45, 2.75) is 57.2 Å². The van der Waals surface area contributed by atoms with Gasteiger partial charge in [0.25, 0.3) is 0 Å². The molecule has 2 fully saturated rings. The van der Waals surface area contributed by atoms with E-state index in [1.807, 2.05) is 42.3 Å². The van der Waals surface area contributed by atoms with Crippen molar-refractivity contribution in [2.24, 2.45) is 11.8 Å². The summed E-state index contributed by atoms with van der Waals surface area (Å²) in [5.74, 6) is 1.77. The van der Waals surface area contributed by atoms with E-state index in [1.54, 1.807) is 0 Å². The van der Waals surface area contributed by atoms with E-state index >= 15 is 0 Å². The van der Waals surface area contributed by atoms with Gasteiger partial charge in [0.15, 0.2) is 5.82 Å². The highest BCUT2D eigenvalue weighted by atomic mass is 19.1. The summed E-state index contributed by atoms with van der Waals surface area (Å²) in [6.07, 6.45) is 8.94. The number of phenols is 1. The van der Waals surface area contributed by atoms with Crippen LogP contribution in [0.4, 0.5) is 10.2 Å². The number of aromatic nitrogens is 2. The van der Waals surface area contributed by atoms with Crippen LogP contribution in [0.2, 0.25) is 0 Å². The van der Waals surface area contributed by atoms with E-state index in [0.29, 0.717) is 23.0 Å². The highest BCUT2D eigenvalue weighted by Gasteiger charge is 2.44. The molecule has 1 heterocycles. The lowest BCUT2D eigenvalue weighted by molar-refractivity contribution is 0.144. The number of aromatic hydroxyl groups is 1. The first-order valence-corrected chi connectivity index (χ1v) is 10.8. The summed E-state index contributed by atoms with van der Waals surface area (Å²) >= 11 is 0. The van der Waals surface area contributed by atoms with Gasteiger partial charge in [-0.1, -0.05) is 12.1 Å². The van der Waals surface area contributed by atoms with E-state index in [0.717, 1.165) is 44.1 Å². The monoisotopic (exact) mass is 393 g/mol. The number of hydrogen-bond acceptors (Lipinski definition) is 4. The molecule has 2 aromatic rings. The summed E-state index contributed by atoms with van der Waals surface area (Å²) in [4.78, 5) is 1.96. The molecule has 4 nitrogen and oxygen atoms in total. The molecule has 5 rings (SSSR count). The van der Waals surface area contributed by atoms with Crippen LogP contribution < -0.4 is 4.90 Å². The number of anilines is 1. The summed E-state index contributed by atoms with van der Waals surface area (Å²) < 4.78 is 14.9. The highest BCUT2D eigenvalue weighted by Crippen LogP contribution is 2.45. The topological polar surface area (TPSA) is 49.2 Å². The Morgan fingerprint density at radius 3 is 2.72 bits per heavy atom. The van der Waals surface area contributed by atoms with Crippen molar-refractivity contribution in [3.8, 4) is 17.0 Å². The van der Waals surface area contributed by atoms with Crippen LogP contribution in [0.3, 0.4) is 0 Å². The number of phenolic OH excluding ortho intramolecular Hbond substituents is 1. The fourth-order valence-corrected chi connectivity index (χ4v) is 5.48. The minimum Gasteiger partial charge on any atom is -0.507 e. The fraction of sp³-hybridized carbons (Fsp3) is 0.500. The molecular weight excluding hydrogens is 365 g/mol. The first-order valence-electron chi connectivity index (χ1n) is 10.8. The Kier molecular flexibility index (Phi) is 4.76. The number of hydrogen-bond donors (Lipinski definition) is 1. The maximum absolute atomic E-state index is 14.9. The van der Waals surface area contributed by atoms with Gasteiger partial charge in [0.1, 0.15) is 11.9 Å². The molecule has 0 unspecified atom stereocenters. The molecule has 0 saturated heterocycles. The van der Waals surface area contributed by atoms with Crippen LogP contribution >= 0.6 is 0 Å². The van der Waals surface area contributed by atoms with Crippen molar-refractivity contribution in [3.05, 3.63) is 42.0 Å². The molecule has 1 N–H and O–H groups in total. The Hall–Kier alpha value is -2.43. The normalized spacial score (nSPS) is 28.4. The fourth-order valence-electron chi connectivity index (χ4n) is 5.48. The van der Waals surface area contributed by atoms with Gasteiger partial charge in [-0.2, -0.15) is 0 Å². The van der Waals surface area contributed by atoms with Crippen molar-refractivity contribution in [3.63, 3.8) is 0 Å². The maximum Gasteiger partial charge on any atom is 0.151 e. The van der Waals surface area contributed by atoms with E-state index in [2.05, 4.69) is 16.3 Å². The standard InChI is InChI=1S/C24H28FN3O/c1-28(21-13-15-6-7-18(12-15)24(21)25)23-11-10-20(26-27-23)19-9-8-17(14-22(19)29)16-4-2-3-5-16/h4,8-11,14-15,18,21,24,29H,2-3,5-7,12-13H2,1H3/t15-,18+,21+,24-/m1/s1. The van der Waals surface area contributed by atoms with Crippen molar-refractivity contribution >= 4 is 11.4 Å². The van der Waals surface area contributed by atoms with Gasteiger partial charge in [0, 0.05) is 12.6 Å². The van der Waals surface area contributed by atoms with Crippen LogP contribution in [0.15, 0.2) is 36.4 Å². The number of benzene rings is 1. The number of nitrogens with zero attached hydrogens (tertiary/aromatic N) is 3. The number of alkyl halides is 1. The first kappa shape index (κ1) is 18.6. The molecule has 3 aliphatic carbocycles. The first-order chi connectivity index (χ1) is 14.1. The van der Waals surface area contributed by atoms with Crippen LogP contribution in [0, 0.1) is 11.8 Å². The van der Waals surface area contributed by atoms with Gasteiger partial charge in [-0.3, -0.25) is 0 Å². The Labute approximate surface area is 171 Å². The smallest absolute Gasteiger partial charge is 0.151 e. The molecular formula is C24H28FN3O. The average molecular weight is 394 g/mol. The SMILES string of the molecule is CN(c1ccc(-c2ccc(C3=CCCC3)cc2O)nn1)[C@H]1C[C@@H]2CC[C@@H](C2)[C@H]1F. The second-order valence-electron chi connectivity index (χ2n) is 8.93. The summed E-state index contributed by atoms with van der Waals surface area (Å²) in [7, 11) is 1.92. The van der Waals surface area contributed by atoms with Crippen molar-refractivity contribution in [1.82, 2.24) is 10.2 Å². The second kappa shape index (κ2) is 7.43. The number of allylic oxidation sites excluding steroid dienone is 2. The summed E-state index contributed by atoms with van der Waals surface area (Å²) in [6.45, 7) is 0. The molecule has 0 radical (unpaired) electrons. The highest BCUT2D eigenvalue weighted by molar-refractivity contribution is 5.74. The minimum atomic E-state index is -0.790. The molecule has 2 saturated carbocycles. The minimum absolute atomic E-state index is 0.117. The zero-order valence-electron chi connectivity index (χ0n) is 16.9. The van der Waals surface area contributed by atoms with E-state index in [1.165, 1.54) is 12.0 Å². The van der Waals surface area contributed by atoms with Gasteiger partial charge in [-0.25, -0.2) is 4.39 Å². The zero-order valence-corrected chi connectivity index (χ0v) is 16.9. The van der Waals surface area contributed by atoms with Gasteiger partial charge in [-0.05, 0) is 92.2 Å². The third-order valence-electron chi connectivity index (χ3n) is 7.17. The van der Waals surface area contributed by atoms with Crippen LogP contribution in [-0.4, -0.2) is 34.6 Å². The van der Waals surface area contributed by atoms with Gasteiger partial charge in [-0.15, -0.1) is 10.2 Å². The van der Waals surface area contributed by atoms with Crippen LogP contribution in [0.25, 0.3) is 16.8 Å². The van der Waals surface area contributed by atoms with Crippen LogP contribution in [0.5, 0.6) is 5.75 Å². The summed E-state index contributed by atoms with van der Waals surface area (Å²) in [6, 6.07) is 9.41. The molecule has 3 aliphatic rings. The van der Waals surface area contributed by atoms with E-state index < -0.39 is 6.17 Å². The van der Waals surface area contributed by atoms with Crippen molar-refractivity contribution in [1.29, 1.82) is 0 Å². The zero-order chi connectivity index (χ0) is 20.0. The lowest BCUT2D eigenvalue weighted by Crippen LogP contribution is -2.46. The third kappa shape index (κ3) is 3.41. The van der Waals surface area contributed by atoms with E-state index in [-0.39, 0.29) is 17.7 Å². The lowest BCUT2D eigenvalue weighted by atomic mass is 9.83. The summed E-state index contributed by atoms with van der Waals surface area (Å²) in [5.41, 5.74) is 3.69. The Bertz CT molecular complexity index is 926. The van der Waals surface area contributed by atoms with Gasteiger partial charge >= 0.3 is 0 Å². The largest absolute Gasteiger partial charge is 0.507 e. The van der Waals surface area contributed by atoms with Gasteiger partial charge in [0.05, 0.1) is 11.7 Å². The molecule has 5 heteroatoms. The number of rotatable bonds is 4. The molecule has 0 amide bonds. The quantitative estimate of drug-likeness (QED) is 0.758.